The van der Waals surface area contributed by atoms with Crippen molar-refractivity contribution in [3.05, 3.63) is 0 Å². The first-order valence-electron chi connectivity index (χ1n) is 6.54. The molecule has 0 amide bonds. The Bertz CT molecular complexity index is 241. The van der Waals surface area contributed by atoms with Gasteiger partial charge in [0.2, 0.25) is 0 Å². The third-order valence-corrected chi connectivity index (χ3v) is 3.43. The summed E-state index contributed by atoms with van der Waals surface area (Å²) in [5, 5.41) is 3.25. The Morgan fingerprint density at radius 1 is 1.28 bits per heavy atom. The molecule has 6 heteroatoms. The molecular weight excluding hydrogens is 271 g/mol. The molecule has 0 atom stereocenters. The average Bonchev–Trinajstić information content (AvgIpc) is 2.41. The van der Waals surface area contributed by atoms with E-state index in [0.29, 0.717) is 6.61 Å². The van der Waals surface area contributed by atoms with Gasteiger partial charge in [0.05, 0.1) is 19.1 Å². The van der Waals surface area contributed by atoms with E-state index in [9.17, 15) is 4.79 Å². The SMILES string of the molecule is O=C(OCCN1CCOCC1)C1CCNCC1.[V]. The number of hydrogen-bond donors (Lipinski definition) is 1. The predicted octanol–water partition coefficient (Wildman–Crippen LogP) is -0.141. The quantitative estimate of drug-likeness (QED) is 0.731. The van der Waals surface area contributed by atoms with Gasteiger partial charge in [-0.3, -0.25) is 9.69 Å². The van der Waals surface area contributed by atoms with Crippen molar-refractivity contribution in [2.45, 2.75) is 12.8 Å². The number of nitrogens with one attached hydrogen (secondary N) is 1. The molecule has 2 aliphatic rings. The number of nitrogens with zero attached hydrogens (tertiary/aromatic N) is 1. The van der Waals surface area contributed by atoms with Crippen molar-refractivity contribution < 1.29 is 32.8 Å². The molecule has 0 aromatic heterocycles. The number of hydrogen-bond acceptors (Lipinski definition) is 5. The molecule has 1 radical (unpaired) electrons. The Hall–Kier alpha value is -0.0656. The van der Waals surface area contributed by atoms with Crippen LogP contribution in [0.4, 0.5) is 0 Å². The van der Waals surface area contributed by atoms with Gasteiger partial charge in [0.1, 0.15) is 6.61 Å². The summed E-state index contributed by atoms with van der Waals surface area (Å²) in [5.74, 6) is 0.0979. The monoisotopic (exact) mass is 293 g/mol. The molecule has 18 heavy (non-hydrogen) atoms. The molecule has 5 nitrogen and oxygen atoms in total. The molecule has 103 valence electrons. The smallest absolute Gasteiger partial charge is 0.309 e. The van der Waals surface area contributed by atoms with Gasteiger partial charge in [0.15, 0.2) is 0 Å². The number of carbonyl (C=O) groups excluding carboxylic acids is 1. The Morgan fingerprint density at radius 2 is 1.94 bits per heavy atom. The molecule has 2 fully saturated rings. The molecule has 2 heterocycles. The van der Waals surface area contributed by atoms with Crippen LogP contribution in [-0.2, 0) is 32.8 Å². The zero-order valence-electron chi connectivity index (χ0n) is 10.8. The maximum absolute atomic E-state index is 11.7. The van der Waals surface area contributed by atoms with Crippen molar-refractivity contribution in [1.29, 1.82) is 0 Å². The van der Waals surface area contributed by atoms with Gasteiger partial charge in [-0.1, -0.05) is 0 Å². The maximum atomic E-state index is 11.7. The van der Waals surface area contributed by atoms with Crippen LogP contribution in [0.3, 0.4) is 0 Å². The van der Waals surface area contributed by atoms with Crippen molar-refractivity contribution in [2.75, 3.05) is 52.5 Å². The molecule has 0 aromatic rings. The normalized spacial score (nSPS) is 22.2. The Kier molecular flexibility index (Phi) is 7.94. The number of carbonyl (C=O) groups is 1. The molecule has 2 rings (SSSR count). The minimum absolute atomic E-state index is 0. The Labute approximate surface area is 120 Å². The van der Waals surface area contributed by atoms with E-state index in [1.54, 1.807) is 0 Å². The first-order valence-corrected chi connectivity index (χ1v) is 6.54. The number of morpholine rings is 1. The van der Waals surface area contributed by atoms with Crippen molar-refractivity contribution >= 4 is 5.97 Å². The molecular formula is C12H22N2O3V. The topological polar surface area (TPSA) is 50.8 Å². The molecule has 2 saturated heterocycles. The van der Waals surface area contributed by atoms with E-state index in [0.717, 1.165) is 58.8 Å². The first kappa shape index (κ1) is 16.0. The summed E-state index contributed by atoms with van der Waals surface area (Å²) in [6.07, 6.45) is 1.83. The van der Waals surface area contributed by atoms with Crippen LogP contribution in [0.2, 0.25) is 0 Å². The zero-order chi connectivity index (χ0) is 11.9. The summed E-state index contributed by atoms with van der Waals surface area (Å²) in [7, 11) is 0. The first-order chi connectivity index (χ1) is 8.36. The molecule has 0 saturated carbocycles. The van der Waals surface area contributed by atoms with Crippen LogP contribution in [0, 0.1) is 5.92 Å². The number of piperidine rings is 1. The summed E-state index contributed by atoms with van der Waals surface area (Å²) in [6, 6.07) is 0. The standard InChI is InChI=1S/C12H22N2O3.V/c15-12(11-1-3-13-4-2-11)17-10-7-14-5-8-16-9-6-14;/h11,13H,1-10H2;. The van der Waals surface area contributed by atoms with Crippen molar-refractivity contribution in [3.63, 3.8) is 0 Å². The molecule has 0 bridgehead atoms. The van der Waals surface area contributed by atoms with E-state index in [-0.39, 0.29) is 30.4 Å². The van der Waals surface area contributed by atoms with Gasteiger partial charge in [-0.2, -0.15) is 0 Å². The van der Waals surface area contributed by atoms with Crippen molar-refractivity contribution in [1.82, 2.24) is 10.2 Å². The van der Waals surface area contributed by atoms with Gasteiger partial charge in [0.25, 0.3) is 0 Å². The second kappa shape index (κ2) is 8.94. The fourth-order valence-corrected chi connectivity index (χ4v) is 2.28. The van der Waals surface area contributed by atoms with E-state index in [4.69, 9.17) is 9.47 Å². The minimum atomic E-state index is -0.0141. The van der Waals surface area contributed by atoms with Crippen LogP contribution in [0.1, 0.15) is 12.8 Å². The fraction of sp³-hybridized carbons (Fsp3) is 0.917. The number of ether oxygens (including phenoxy) is 2. The summed E-state index contributed by atoms with van der Waals surface area (Å²) in [5.41, 5.74) is 0. The number of rotatable bonds is 4. The molecule has 2 aliphatic heterocycles. The van der Waals surface area contributed by atoms with Crippen LogP contribution in [-0.4, -0.2) is 63.4 Å². The van der Waals surface area contributed by atoms with E-state index >= 15 is 0 Å². The summed E-state index contributed by atoms with van der Waals surface area (Å²) < 4.78 is 10.6. The van der Waals surface area contributed by atoms with Crippen LogP contribution in [0.15, 0.2) is 0 Å². The van der Waals surface area contributed by atoms with E-state index in [1.807, 2.05) is 0 Å². The van der Waals surface area contributed by atoms with Crippen LogP contribution in [0.25, 0.3) is 0 Å². The van der Waals surface area contributed by atoms with E-state index in [1.165, 1.54) is 0 Å². The van der Waals surface area contributed by atoms with E-state index in [2.05, 4.69) is 10.2 Å². The second-order valence-electron chi connectivity index (χ2n) is 4.65. The maximum Gasteiger partial charge on any atom is 0.309 e. The van der Waals surface area contributed by atoms with Gasteiger partial charge < -0.3 is 14.8 Å². The summed E-state index contributed by atoms with van der Waals surface area (Å²) in [4.78, 5) is 14.0. The molecule has 0 aromatic carbocycles. The van der Waals surface area contributed by atoms with Gasteiger partial charge in [-0.15, -0.1) is 0 Å². The Balaban J connectivity index is 0.00000162. The van der Waals surface area contributed by atoms with Crippen LogP contribution in [0.5, 0.6) is 0 Å². The third kappa shape index (κ3) is 5.28. The molecule has 0 spiro atoms. The van der Waals surface area contributed by atoms with Crippen molar-refractivity contribution in [2.24, 2.45) is 5.92 Å². The average molecular weight is 293 g/mol. The zero-order valence-corrected chi connectivity index (χ0v) is 12.2. The summed E-state index contributed by atoms with van der Waals surface area (Å²) in [6.45, 7) is 6.70. The van der Waals surface area contributed by atoms with Gasteiger partial charge in [-0.05, 0) is 25.9 Å². The largest absolute Gasteiger partial charge is 0.464 e. The van der Waals surface area contributed by atoms with Crippen LogP contribution < -0.4 is 5.32 Å². The number of esters is 1. The molecule has 0 aliphatic carbocycles. The second-order valence-corrected chi connectivity index (χ2v) is 4.65. The van der Waals surface area contributed by atoms with Gasteiger partial charge in [-0.25, -0.2) is 0 Å². The summed E-state index contributed by atoms with van der Waals surface area (Å²) >= 11 is 0. The van der Waals surface area contributed by atoms with E-state index < -0.39 is 0 Å². The van der Waals surface area contributed by atoms with Gasteiger partial charge >= 0.3 is 5.97 Å². The van der Waals surface area contributed by atoms with Crippen molar-refractivity contribution in [3.8, 4) is 0 Å². The molecule has 0 unspecified atom stereocenters. The third-order valence-electron chi connectivity index (χ3n) is 3.43. The van der Waals surface area contributed by atoms with Crippen LogP contribution >= 0.6 is 0 Å². The van der Waals surface area contributed by atoms with Gasteiger partial charge in [0, 0.05) is 38.2 Å². The minimum Gasteiger partial charge on any atom is -0.464 e. The predicted molar refractivity (Wildman–Crippen MR) is 63.8 cm³/mol. The molecule has 1 N–H and O–H groups in total. The Morgan fingerprint density at radius 3 is 2.61 bits per heavy atom. The fourth-order valence-electron chi connectivity index (χ4n) is 2.28.